The van der Waals surface area contributed by atoms with Crippen molar-refractivity contribution in [2.45, 2.75) is 31.6 Å². The highest BCUT2D eigenvalue weighted by atomic mass is 32.2. The molecule has 4 heteroatoms. The van der Waals surface area contributed by atoms with E-state index < -0.39 is 0 Å². The monoisotopic (exact) mass is 365 g/mol. The molecule has 3 aromatic rings. The van der Waals surface area contributed by atoms with Crippen LogP contribution in [-0.4, -0.2) is 12.2 Å². The van der Waals surface area contributed by atoms with Gasteiger partial charge in [-0.3, -0.25) is 4.79 Å². The predicted octanol–water partition coefficient (Wildman–Crippen LogP) is 5.86. The zero-order valence-corrected chi connectivity index (χ0v) is 16.2. The molecule has 0 spiro atoms. The summed E-state index contributed by atoms with van der Waals surface area (Å²) in [7, 11) is 0. The maximum absolute atomic E-state index is 12.3. The summed E-state index contributed by atoms with van der Waals surface area (Å²) in [6, 6.07) is 18.0. The number of amides is 1. The fourth-order valence-electron chi connectivity index (χ4n) is 2.76. The number of anilines is 1. The highest BCUT2D eigenvalue weighted by molar-refractivity contribution is 7.98. The van der Waals surface area contributed by atoms with E-state index in [2.05, 4.69) is 37.4 Å². The number of carbonyl (C=O) groups is 1. The Hall–Kier alpha value is -2.46. The molecule has 1 N–H and O–H groups in total. The standard InChI is InChI=1S/C22H23NO2S/c1-15-8-9-17(14-16(15)2)20-12-10-18(25-20)11-13-22(24)23-19-6-4-5-7-21(19)26-3/h4-10,12,14H,11,13H2,1-3H3,(H,23,24). The van der Waals surface area contributed by atoms with E-state index in [-0.39, 0.29) is 5.91 Å². The summed E-state index contributed by atoms with van der Waals surface area (Å²) in [6.45, 7) is 4.19. The van der Waals surface area contributed by atoms with Crippen molar-refractivity contribution in [2.24, 2.45) is 0 Å². The van der Waals surface area contributed by atoms with Crippen LogP contribution in [0, 0.1) is 13.8 Å². The molecule has 0 saturated carbocycles. The van der Waals surface area contributed by atoms with E-state index in [1.807, 2.05) is 42.7 Å². The van der Waals surface area contributed by atoms with Crippen molar-refractivity contribution in [3.05, 3.63) is 71.5 Å². The Balaban J connectivity index is 1.61. The van der Waals surface area contributed by atoms with Crippen LogP contribution in [0.4, 0.5) is 5.69 Å². The molecule has 0 saturated heterocycles. The van der Waals surface area contributed by atoms with Crippen molar-refractivity contribution in [3.8, 4) is 11.3 Å². The second kappa shape index (κ2) is 8.28. The zero-order valence-electron chi connectivity index (χ0n) is 15.3. The van der Waals surface area contributed by atoms with Gasteiger partial charge in [0.05, 0.1) is 5.69 Å². The first-order valence-corrected chi connectivity index (χ1v) is 9.88. The van der Waals surface area contributed by atoms with Crippen LogP contribution >= 0.6 is 11.8 Å². The van der Waals surface area contributed by atoms with Gasteiger partial charge in [-0.2, -0.15) is 0 Å². The molecule has 0 bridgehead atoms. The summed E-state index contributed by atoms with van der Waals surface area (Å²) >= 11 is 1.62. The quantitative estimate of drug-likeness (QED) is 0.557. The molecule has 2 aromatic carbocycles. The van der Waals surface area contributed by atoms with Crippen molar-refractivity contribution in [1.82, 2.24) is 0 Å². The van der Waals surface area contributed by atoms with Crippen molar-refractivity contribution in [1.29, 1.82) is 0 Å². The van der Waals surface area contributed by atoms with Gasteiger partial charge in [0.15, 0.2) is 0 Å². The van der Waals surface area contributed by atoms with Crippen LogP contribution in [0.5, 0.6) is 0 Å². The van der Waals surface area contributed by atoms with Gasteiger partial charge in [0.1, 0.15) is 11.5 Å². The maximum atomic E-state index is 12.3. The first-order valence-electron chi connectivity index (χ1n) is 8.66. The number of aryl methyl sites for hydroxylation is 3. The molecule has 0 fully saturated rings. The number of para-hydroxylation sites is 1. The second-order valence-electron chi connectivity index (χ2n) is 6.31. The molecule has 0 aliphatic rings. The van der Waals surface area contributed by atoms with E-state index in [1.54, 1.807) is 11.8 Å². The molecular formula is C22H23NO2S. The number of nitrogens with one attached hydrogen (secondary N) is 1. The largest absolute Gasteiger partial charge is 0.461 e. The number of furan rings is 1. The van der Waals surface area contributed by atoms with Crippen LogP contribution in [0.2, 0.25) is 0 Å². The van der Waals surface area contributed by atoms with Gasteiger partial charge in [0.2, 0.25) is 5.91 Å². The summed E-state index contributed by atoms with van der Waals surface area (Å²) < 4.78 is 5.93. The van der Waals surface area contributed by atoms with E-state index in [4.69, 9.17) is 4.42 Å². The third kappa shape index (κ3) is 4.38. The molecule has 0 aliphatic carbocycles. The normalized spacial score (nSPS) is 10.7. The van der Waals surface area contributed by atoms with Crippen molar-refractivity contribution < 1.29 is 9.21 Å². The molecule has 3 nitrogen and oxygen atoms in total. The van der Waals surface area contributed by atoms with Crippen molar-refractivity contribution in [2.75, 3.05) is 11.6 Å². The second-order valence-corrected chi connectivity index (χ2v) is 7.16. The Labute approximate surface area is 158 Å². The van der Waals surface area contributed by atoms with Gasteiger partial charge in [-0.25, -0.2) is 0 Å². The Bertz CT molecular complexity index is 914. The average Bonchev–Trinajstić information content (AvgIpc) is 3.12. The van der Waals surface area contributed by atoms with Gasteiger partial charge in [-0.1, -0.05) is 24.3 Å². The minimum atomic E-state index is -0.00405. The lowest BCUT2D eigenvalue weighted by atomic mass is 10.1. The molecule has 3 rings (SSSR count). The molecule has 0 radical (unpaired) electrons. The van der Waals surface area contributed by atoms with Crippen LogP contribution in [0.25, 0.3) is 11.3 Å². The van der Waals surface area contributed by atoms with E-state index in [0.29, 0.717) is 12.8 Å². The fraction of sp³-hybridized carbons (Fsp3) is 0.227. The highest BCUT2D eigenvalue weighted by Gasteiger charge is 2.10. The van der Waals surface area contributed by atoms with Crippen LogP contribution in [0.15, 0.2) is 63.9 Å². The van der Waals surface area contributed by atoms with E-state index >= 15 is 0 Å². The third-order valence-electron chi connectivity index (χ3n) is 4.43. The molecule has 134 valence electrons. The van der Waals surface area contributed by atoms with E-state index in [9.17, 15) is 4.79 Å². The number of rotatable bonds is 6. The van der Waals surface area contributed by atoms with E-state index in [1.165, 1.54) is 11.1 Å². The van der Waals surface area contributed by atoms with Crippen LogP contribution in [0.1, 0.15) is 23.3 Å². The Kier molecular flexibility index (Phi) is 5.84. The van der Waals surface area contributed by atoms with Crippen molar-refractivity contribution in [3.63, 3.8) is 0 Å². The Morgan fingerprint density at radius 1 is 1.04 bits per heavy atom. The Morgan fingerprint density at radius 2 is 1.85 bits per heavy atom. The summed E-state index contributed by atoms with van der Waals surface area (Å²) in [4.78, 5) is 13.3. The number of thioether (sulfide) groups is 1. The minimum Gasteiger partial charge on any atom is -0.461 e. The molecule has 1 aromatic heterocycles. The molecular weight excluding hydrogens is 342 g/mol. The van der Waals surface area contributed by atoms with Crippen molar-refractivity contribution >= 4 is 23.4 Å². The first-order chi connectivity index (χ1) is 12.6. The molecule has 0 unspecified atom stereocenters. The van der Waals surface area contributed by atoms with Gasteiger partial charge in [0, 0.05) is 23.3 Å². The summed E-state index contributed by atoms with van der Waals surface area (Å²) in [6.07, 6.45) is 2.98. The first kappa shape index (κ1) is 18.3. The van der Waals surface area contributed by atoms with Crippen LogP contribution in [0.3, 0.4) is 0 Å². The number of hydrogen-bond acceptors (Lipinski definition) is 3. The van der Waals surface area contributed by atoms with Gasteiger partial charge in [-0.15, -0.1) is 11.8 Å². The van der Waals surface area contributed by atoms with Gasteiger partial charge in [0.25, 0.3) is 0 Å². The summed E-state index contributed by atoms with van der Waals surface area (Å²) in [5, 5.41) is 2.98. The highest BCUT2D eigenvalue weighted by Crippen LogP contribution is 2.26. The Morgan fingerprint density at radius 3 is 2.62 bits per heavy atom. The van der Waals surface area contributed by atoms with Crippen LogP contribution < -0.4 is 5.32 Å². The number of carbonyl (C=O) groups excluding carboxylic acids is 1. The third-order valence-corrected chi connectivity index (χ3v) is 5.23. The van der Waals surface area contributed by atoms with Gasteiger partial charge < -0.3 is 9.73 Å². The molecule has 1 heterocycles. The lowest BCUT2D eigenvalue weighted by Crippen LogP contribution is -2.12. The molecule has 0 aliphatic heterocycles. The topological polar surface area (TPSA) is 42.2 Å². The molecule has 1 amide bonds. The lowest BCUT2D eigenvalue weighted by molar-refractivity contribution is -0.116. The number of benzene rings is 2. The summed E-state index contributed by atoms with van der Waals surface area (Å²) in [5.74, 6) is 1.67. The molecule has 0 atom stereocenters. The minimum absolute atomic E-state index is 0.00405. The summed E-state index contributed by atoms with van der Waals surface area (Å²) in [5.41, 5.74) is 4.44. The van der Waals surface area contributed by atoms with Gasteiger partial charge in [-0.05, 0) is 61.6 Å². The SMILES string of the molecule is CSc1ccccc1NC(=O)CCc1ccc(-c2ccc(C)c(C)c2)o1. The zero-order chi connectivity index (χ0) is 18.5. The lowest BCUT2D eigenvalue weighted by Gasteiger charge is -2.08. The van der Waals surface area contributed by atoms with E-state index in [0.717, 1.165) is 27.7 Å². The van der Waals surface area contributed by atoms with Crippen LogP contribution in [-0.2, 0) is 11.2 Å². The number of hydrogen-bond donors (Lipinski definition) is 1. The maximum Gasteiger partial charge on any atom is 0.224 e. The van der Waals surface area contributed by atoms with Gasteiger partial charge >= 0.3 is 0 Å². The average molecular weight is 365 g/mol. The fourth-order valence-corrected chi connectivity index (χ4v) is 3.31. The smallest absolute Gasteiger partial charge is 0.224 e. The molecule has 26 heavy (non-hydrogen) atoms. The predicted molar refractivity (Wildman–Crippen MR) is 109 cm³/mol.